The molecule has 0 aliphatic heterocycles. The van der Waals surface area contributed by atoms with E-state index in [1.165, 1.54) is 0 Å². The second-order valence-corrected chi connectivity index (χ2v) is 10.4. The molecule has 0 atom stereocenters. The number of nitriles is 1. The Labute approximate surface area is 221 Å². The van der Waals surface area contributed by atoms with E-state index < -0.39 is 5.97 Å². The molecule has 5 aromatic rings. The van der Waals surface area contributed by atoms with E-state index in [1.54, 1.807) is 12.1 Å². The van der Waals surface area contributed by atoms with E-state index in [9.17, 15) is 10.1 Å². The maximum Gasteiger partial charge on any atom is 0.338 e. The van der Waals surface area contributed by atoms with Crippen molar-refractivity contribution in [3.05, 3.63) is 76.6 Å². The molecule has 5 aromatic carbocycles. The van der Waals surface area contributed by atoms with Crippen LogP contribution in [0.5, 0.6) is 0 Å². The van der Waals surface area contributed by atoms with Crippen LogP contribution in [0.3, 0.4) is 0 Å². The van der Waals surface area contributed by atoms with Crippen LogP contribution in [0.15, 0.2) is 48.5 Å². The number of rotatable bonds is 8. The lowest BCUT2D eigenvalue weighted by Gasteiger charge is -2.19. The number of carbonyl (C=O) groups excluding carboxylic acids is 1. The normalized spacial score (nSPS) is 11.7. The molecule has 0 saturated heterocycles. The molecule has 6 nitrogen and oxygen atoms in total. The summed E-state index contributed by atoms with van der Waals surface area (Å²) in [5.74, 6) is 0.101. The standard InChI is InChI=1S/C32H28N2O4/c1-18(2)15-36-32(35)26-11-10-24-25-12-13-27(34-5)29-21(17-38-37-16-19(3)4)7-9-23(31(25)29)22-8-6-20(14-33)28(26)30(22)24/h6-13,18-19H,15-17H2,1-4H3. The van der Waals surface area contributed by atoms with Crippen molar-refractivity contribution >= 4 is 54.7 Å². The lowest BCUT2D eigenvalue weighted by Crippen LogP contribution is -2.11. The zero-order valence-electron chi connectivity index (χ0n) is 21.9. The van der Waals surface area contributed by atoms with Crippen LogP contribution in [0.25, 0.3) is 47.9 Å². The van der Waals surface area contributed by atoms with Crippen molar-refractivity contribution in [2.75, 3.05) is 13.2 Å². The summed E-state index contributed by atoms with van der Waals surface area (Å²) in [7, 11) is 0. The number of nitrogens with zero attached hydrogens (tertiary/aromatic N) is 2. The quantitative estimate of drug-likeness (QED) is 0.0406. The first-order chi connectivity index (χ1) is 18.3. The fraction of sp³-hybridized carbons (Fsp3) is 0.281. The van der Waals surface area contributed by atoms with Crippen molar-refractivity contribution in [1.82, 2.24) is 0 Å². The zero-order valence-corrected chi connectivity index (χ0v) is 21.9. The van der Waals surface area contributed by atoms with Gasteiger partial charge in [0.15, 0.2) is 5.69 Å². The van der Waals surface area contributed by atoms with Gasteiger partial charge in [0.05, 0.1) is 37.0 Å². The molecule has 0 aliphatic rings. The number of ether oxygens (including phenoxy) is 1. The van der Waals surface area contributed by atoms with E-state index in [0.717, 1.165) is 43.3 Å². The number of hydrogen-bond donors (Lipinski definition) is 0. The van der Waals surface area contributed by atoms with Crippen molar-refractivity contribution in [3.63, 3.8) is 0 Å². The third-order valence-electron chi connectivity index (χ3n) is 6.67. The second-order valence-electron chi connectivity index (χ2n) is 10.4. The Morgan fingerprint density at radius 1 is 0.816 bits per heavy atom. The van der Waals surface area contributed by atoms with E-state index in [4.69, 9.17) is 21.1 Å². The molecule has 0 amide bonds. The number of fused-ring (bicyclic) bond motifs is 2. The lowest BCUT2D eigenvalue weighted by molar-refractivity contribution is -0.308. The van der Waals surface area contributed by atoms with Gasteiger partial charge in [0.25, 0.3) is 0 Å². The van der Waals surface area contributed by atoms with E-state index in [1.807, 2.05) is 64.1 Å². The maximum atomic E-state index is 13.1. The first-order valence-electron chi connectivity index (χ1n) is 12.7. The molecule has 190 valence electrons. The molecule has 6 heteroatoms. The molecule has 0 aliphatic carbocycles. The molecule has 0 spiro atoms. The molecule has 38 heavy (non-hydrogen) atoms. The van der Waals surface area contributed by atoms with Gasteiger partial charge in [-0.25, -0.2) is 19.4 Å². The molecule has 0 saturated carbocycles. The molecular weight excluding hydrogens is 476 g/mol. The Morgan fingerprint density at radius 2 is 1.42 bits per heavy atom. The van der Waals surface area contributed by atoms with Gasteiger partial charge in [0.2, 0.25) is 0 Å². The first-order valence-corrected chi connectivity index (χ1v) is 12.7. The third kappa shape index (κ3) is 4.29. The number of carbonyl (C=O) groups is 1. The predicted octanol–water partition coefficient (Wildman–Crippen LogP) is 8.08. The average molecular weight is 505 g/mol. The van der Waals surface area contributed by atoms with Crippen LogP contribution in [-0.2, 0) is 21.1 Å². The molecule has 5 rings (SSSR count). The summed E-state index contributed by atoms with van der Waals surface area (Å²) in [5.41, 5.74) is 2.21. The lowest BCUT2D eigenvalue weighted by atomic mass is 9.85. The van der Waals surface area contributed by atoms with Crippen molar-refractivity contribution in [2.45, 2.75) is 34.3 Å². The van der Waals surface area contributed by atoms with Crippen LogP contribution in [-0.4, -0.2) is 19.2 Å². The minimum absolute atomic E-state index is 0.199. The van der Waals surface area contributed by atoms with E-state index in [2.05, 4.69) is 10.9 Å². The van der Waals surface area contributed by atoms with Gasteiger partial charge in [-0.15, -0.1) is 0 Å². The highest BCUT2D eigenvalue weighted by Crippen LogP contribution is 2.45. The van der Waals surface area contributed by atoms with Crippen LogP contribution in [0.4, 0.5) is 5.69 Å². The molecule has 0 fully saturated rings. The molecular formula is C32H28N2O4. The van der Waals surface area contributed by atoms with Crippen LogP contribution < -0.4 is 0 Å². The van der Waals surface area contributed by atoms with Gasteiger partial charge in [-0.05, 0) is 67.2 Å². The van der Waals surface area contributed by atoms with Crippen molar-refractivity contribution in [3.8, 4) is 6.07 Å². The third-order valence-corrected chi connectivity index (χ3v) is 6.67. The highest BCUT2D eigenvalue weighted by molar-refractivity contribution is 6.36. The molecule has 0 heterocycles. The van der Waals surface area contributed by atoms with Crippen LogP contribution >= 0.6 is 0 Å². The zero-order chi connectivity index (χ0) is 27.0. The van der Waals surface area contributed by atoms with Crippen molar-refractivity contribution in [2.24, 2.45) is 11.8 Å². The van der Waals surface area contributed by atoms with Crippen molar-refractivity contribution in [1.29, 1.82) is 5.26 Å². The predicted molar refractivity (Wildman–Crippen MR) is 149 cm³/mol. The molecule has 0 unspecified atom stereocenters. The summed E-state index contributed by atoms with van der Waals surface area (Å²) < 4.78 is 5.56. The number of esters is 1. The van der Waals surface area contributed by atoms with Crippen LogP contribution in [0.1, 0.15) is 49.2 Å². The van der Waals surface area contributed by atoms with E-state index in [0.29, 0.717) is 41.3 Å². The smallest absolute Gasteiger partial charge is 0.338 e. The summed E-state index contributed by atoms with van der Waals surface area (Å²) in [4.78, 5) is 27.8. The summed E-state index contributed by atoms with van der Waals surface area (Å²) in [5, 5.41) is 16.9. The van der Waals surface area contributed by atoms with Gasteiger partial charge in [-0.3, -0.25) is 0 Å². The van der Waals surface area contributed by atoms with E-state index >= 15 is 0 Å². The number of hydrogen-bond acceptors (Lipinski definition) is 5. The Morgan fingerprint density at radius 3 is 2.05 bits per heavy atom. The van der Waals surface area contributed by atoms with Gasteiger partial charge in [0.1, 0.15) is 6.61 Å². The van der Waals surface area contributed by atoms with Crippen molar-refractivity contribution < 1.29 is 19.3 Å². The fourth-order valence-corrected chi connectivity index (χ4v) is 5.03. The van der Waals surface area contributed by atoms with Gasteiger partial charge >= 0.3 is 5.97 Å². The molecule has 0 aromatic heterocycles. The molecule has 0 radical (unpaired) electrons. The topological polar surface area (TPSA) is 72.9 Å². The minimum Gasteiger partial charge on any atom is -0.462 e. The summed E-state index contributed by atoms with van der Waals surface area (Å²) in [6, 6.07) is 17.4. The van der Waals surface area contributed by atoms with Gasteiger partial charge in [0, 0.05) is 5.39 Å². The Kier molecular flexibility index (Phi) is 6.87. The maximum absolute atomic E-state index is 13.1. The summed E-state index contributed by atoms with van der Waals surface area (Å²) >= 11 is 0. The summed E-state index contributed by atoms with van der Waals surface area (Å²) in [6.07, 6.45) is 0. The largest absolute Gasteiger partial charge is 0.462 e. The highest BCUT2D eigenvalue weighted by atomic mass is 17.2. The highest BCUT2D eigenvalue weighted by Gasteiger charge is 2.22. The fourth-order valence-electron chi connectivity index (χ4n) is 5.03. The minimum atomic E-state index is -0.438. The Balaban J connectivity index is 1.80. The summed E-state index contributed by atoms with van der Waals surface area (Å²) in [6.45, 7) is 16.9. The van der Waals surface area contributed by atoms with Crippen LogP contribution in [0, 0.1) is 29.7 Å². The van der Waals surface area contributed by atoms with Gasteiger partial charge in [-0.2, -0.15) is 5.26 Å². The molecule has 0 N–H and O–H groups in total. The first kappa shape index (κ1) is 25.4. The monoisotopic (exact) mass is 504 g/mol. The molecule has 0 bridgehead atoms. The van der Waals surface area contributed by atoms with Crippen LogP contribution in [0.2, 0.25) is 0 Å². The Hall–Kier alpha value is -4.23. The van der Waals surface area contributed by atoms with E-state index in [-0.39, 0.29) is 12.5 Å². The van der Waals surface area contributed by atoms with Gasteiger partial charge in [-0.1, -0.05) is 64.1 Å². The Bertz CT molecular complexity index is 1750. The second kappa shape index (κ2) is 10.3. The number of benzene rings is 5. The average Bonchev–Trinajstić information content (AvgIpc) is 2.92. The van der Waals surface area contributed by atoms with Gasteiger partial charge < -0.3 is 4.74 Å². The SMILES string of the molecule is [C-]#[N+]c1ccc2c3ccc(C(=O)OCC(C)C)c4c(C#N)ccc(c5ccc(COOCC(C)C)c1c52)c43.